The van der Waals surface area contributed by atoms with E-state index in [0.717, 1.165) is 23.6 Å². The molecule has 1 saturated heterocycles. The Morgan fingerprint density at radius 1 is 1.60 bits per heavy atom. The standard InChI is InChI=1S/C10H17N3S2/c1-2-6-13-9(11-12-10(13)14)8-5-3-4-7-15-8/h8H,2-7H2,1H3,(H,12,14). The van der Waals surface area contributed by atoms with Crippen LogP contribution in [0.2, 0.25) is 0 Å². The SMILES string of the molecule is CCCn1c(C2CCCCS2)n[nH]c1=S. The third-order valence-corrected chi connectivity index (χ3v) is 4.39. The Kier molecular flexibility index (Phi) is 3.86. The van der Waals surface area contributed by atoms with Crippen LogP contribution in [0.5, 0.6) is 0 Å². The Morgan fingerprint density at radius 2 is 2.47 bits per heavy atom. The van der Waals surface area contributed by atoms with Gasteiger partial charge >= 0.3 is 0 Å². The smallest absolute Gasteiger partial charge is 0.195 e. The predicted octanol–water partition coefficient (Wildman–Crippen LogP) is 3.31. The summed E-state index contributed by atoms with van der Waals surface area (Å²) in [5, 5.41) is 7.86. The lowest BCUT2D eigenvalue weighted by molar-refractivity contribution is 0.590. The highest BCUT2D eigenvalue weighted by Gasteiger charge is 2.21. The third kappa shape index (κ3) is 2.45. The zero-order chi connectivity index (χ0) is 10.7. The average molecular weight is 243 g/mol. The van der Waals surface area contributed by atoms with Crippen molar-refractivity contribution in [3.8, 4) is 0 Å². The minimum atomic E-state index is 0.554. The lowest BCUT2D eigenvalue weighted by Gasteiger charge is -2.20. The van der Waals surface area contributed by atoms with Crippen LogP contribution in [-0.2, 0) is 6.54 Å². The van der Waals surface area contributed by atoms with Gasteiger partial charge in [-0.2, -0.15) is 16.9 Å². The van der Waals surface area contributed by atoms with Crippen LogP contribution in [0.3, 0.4) is 0 Å². The number of aromatic nitrogens is 3. The maximum Gasteiger partial charge on any atom is 0.195 e. The summed E-state index contributed by atoms with van der Waals surface area (Å²) in [7, 11) is 0. The highest BCUT2D eigenvalue weighted by Crippen LogP contribution is 2.37. The molecule has 0 radical (unpaired) electrons. The maximum absolute atomic E-state index is 5.24. The second kappa shape index (κ2) is 5.16. The first-order chi connectivity index (χ1) is 7.33. The Morgan fingerprint density at radius 3 is 3.13 bits per heavy atom. The molecule has 2 heterocycles. The van der Waals surface area contributed by atoms with E-state index in [2.05, 4.69) is 21.7 Å². The molecule has 0 aliphatic carbocycles. The average Bonchev–Trinajstić information content (AvgIpc) is 2.63. The van der Waals surface area contributed by atoms with Gasteiger partial charge in [0.1, 0.15) is 5.82 Å². The highest BCUT2D eigenvalue weighted by molar-refractivity contribution is 7.99. The van der Waals surface area contributed by atoms with Gasteiger partial charge in [0, 0.05) is 6.54 Å². The van der Waals surface area contributed by atoms with Crippen LogP contribution in [0.1, 0.15) is 43.7 Å². The molecular weight excluding hydrogens is 226 g/mol. The van der Waals surface area contributed by atoms with Gasteiger partial charge in [0.2, 0.25) is 0 Å². The normalized spacial score (nSPS) is 21.8. The molecule has 1 unspecified atom stereocenters. The quantitative estimate of drug-likeness (QED) is 0.827. The van der Waals surface area contributed by atoms with E-state index < -0.39 is 0 Å². The molecule has 1 aromatic rings. The van der Waals surface area contributed by atoms with E-state index in [9.17, 15) is 0 Å². The van der Waals surface area contributed by atoms with Crippen molar-refractivity contribution >= 4 is 24.0 Å². The van der Waals surface area contributed by atoms with Crippen LogP contribution in [-0.4, -0.2) is 20.5 Å². The third-order valence-electron chi connectivity index (χ3n) is 2.70. The van der Waals surface area contributed by atoms with Crippen LogP contribution >= 0.6 is 24.0 Å². The molecule has 0 amide bonds. The Labute approximate surface area is 99.7 Å². The van der Waals surface area contributed by atoms with Crippen molar-refractivity contribution < 1.29 is 0 Å². The van der Waals surface area contributed by atoms with E-state index in [-0.39, 0.29) is 0 Å². The molecule has 1 aliphatic heterocycles. The zero-order valence-corrected chi connectivity index (χ0v) is 10.7. The molecule has 15 heavy (non-hydrogen) atoms. The highest BCUT2D eigenvalue weighted by atomic mass is 32.2. The summed E-state index contributed by atoms with van der Waals surface area (Å²) >= 11 is 7.26. The van der Waals surface area contributed by atoms with Crippen LogP contribution in [0, 0.1) is 4.77 Å². The molecule has 84 valence electrons. The van der Waals surface area contributed by atoms with Gasteiger partial charge in [0.15, 0.2) is 4.77 Å². The molecule has 5 heteroatoms. The van der Waals surface area contributed by atoms with Crippen LogP contribution in [0.15, 0.2) is 0 Å². The molecule has 3 nitrogen and oxygen atoms in total. The molecule has 0 aromatic carbocycles. The van der Waals surface area contributed by atoms with Gasteiger partial charge in [-0.05, 0) is 37.2 Å². The van der Waals surface area contributed by atoms with Crippen LogP contribution < -0.4 is 0 Å². The predicted molar refractivity (Wildman–Crippen MR) is 66.8 cm³/mol. The first-order valence-corrected chi connectivity index (χ1v) is 7.05. The summed E-state index contributed by atoms with van der Waals surface area (Å²) in [5.41, 5.74) is 0. The zero-order valence-electron chi connectivity index (χ0n) is 9.03. The van der Waals surface area contributed by atoms with Gasteiger partial charge < -0.3 is 4.57 Å². The Balaban J connectivity index is 2.22. The summed E-state index contributed by atoms with van der Waals surface area (Å²) in [6.45, 7) is 3.16. The van der Waals surface area contributed by atoms with Gasteiger partial charge in [0.25, 0.3) is 0 Å². The molecular formula is C10H17N3S2. The van der Waals surface area contributed by atoms with Gasteiger partial charge in [-0.25, -0.2) is 0 Å². The summed E-state index contributed by atoms with van der Waals surface area (Å²) in [6, 6.07) is 0. The fourth-order valence-corrected chi connectivity index (χ4v) is 3.51. The van der Waals surface area contributed by atoms with E-state index >= 15 is 0 Å². The largest absolute Gasteiger partial charge is 0.303 e. The van der Waals surface area contributed by atoms with Crippen molar-refractivity contribution in [3.63, 3.8) is 0 Å². The molecule has 1 N–H and O–H groups in total. The number of H-pyrrole nitrogens is 1. The van der Waals surface area contributed by atoms with Crippen molar-refractivity contribution in [1.82, 2.24) is 14.8 Å². The molecule has 0 saturated carbocycles. The van der Waals surface area contributed by atoms with Gasteiger partial charge in [-0.15, -0.1) is 0 Å². The lowest BCUT2D eigenvalue weighted by Crippen LogP contribution is -2.10. The minimum Gasteiger partial charge on any atom is -0.303 e. The van der Waals surface area contributed by atoms with Crippen molar-refractivity contribution in [2.24, 2.45) is 0 Å². The number of hydrogen-bond donors (Lipinski definition) is 1. The van der Waals surface area contributed by atoms with Crippen molar-refractivity contribution in [2.75, 3.05) is 5.75 Å². The van der Waals surface area contributed by atoms with E-state index in [0.29, 0.717) is 5.25 Å². The molecule has 0 bridgehead atoms. The fourth-order valence-electron chi connectivity index (χ4n) is 1.96. The number of hydrogen-bond acceptors (Lipinski definition) is 3. The number of nitrogens with zero attached hydrogens (tertiary/aromatic N) is 2. The number of thioether (sulfide) groups is 1. The van der Waals surface area contributed by atoms with Crippen molar-refractivity contribution in [1.29, 1.82) is 0 Å². The second-order valence-electron chi connectivity index (χ2n) is 3.89. The van der Waals surface area contributed by atoms with Gasteiger partial charge in [-0.1, -0.05) is 13.3 Å². The molecule has 1 aliphatic rings. The molecule has 2 rings (SSSR count). The van der Waals surface area contributed by atoms with Crippen molar-refractivity contribution in [3.05, 3.63) is 10.6 Å². The van der Waals surface area contributed by atoms with Gasteiger partial charge in [0.05, 0.1) is 5.25 Å². The van der Waals surface area contributed by atoms with Crippen LogP contribution in [0.25, 0.3) is 0 Å². The number of aromatic amines is 1. The maximum atomic E-state index is 5.24. The fraction of sp³-hybridized carbons (Fsp3) is 0.800. The first kappa shape index (κ1) is 11.2. The van der Waals surface area contributed by atoms with Crippen molar-refractivity contribution in [2.45, 2.75) is 44.4 Å². The first-order valence-electron chi connectivity index (χ1n) is 5.59. The number of nitrogens with one attached hydrogen (secondary N) is 1. The number of rotatable bonds is 3. The summed E-state index contributed by atoms with van der Waals surface area (Å²) in [5.74, 6) is 2.42. The minimum absolute atomic E-state index is 0.554. The molecule has 1 aromatic heterocycles. The second-order valence-corrected chi connectivity index (χ2v) is 5.59. The lowest BCUT2D eigenvalue weighted by atomic mass is 10.2. The molecule has 1 atom stereocenters. The van der Waals surface area contributed by atoms with E-state index in [4.69, 9.17) is 12.2 Å². The van der Waals surface area contributed by atoms with E-state index in [1.165, 1.54) is 25.0 Å². The molecule has 1 fully saturated rings. The van der Waals surface area contributed by atoms with E-state index in [1.807, 2.05) is 11.8 Å². The van der Waals surface area contributed by atoms with E-state index in [1.54, 1.807) is 0 Å². The Bertz CT molecular complexity index is 363. The summed E-state index contributed by atoms with van der Waals surface area (Å²) in [4.78, 5) is 0. The Hall–Kier alpha value is -0.290. The monoisotopic (exact) mass is 243 g/mol. The topological polar surface area (TPSA) is 33.6 Å². The summed E-state index contributed by atoms with van der Waals surface area (Å²) in [6.07, 6.45) is 5.02. The molecule has 0 spiro atoms. The van der Waals surface area contributed by atoms with Gasteiger partial charge in [-0.3, -0.25) is 5.10 Å². The summed E-state index contributed by atoms with van der Waals surface area (Å²) < 4.78 is 2.94. The van der Waals surface area contributed by atoms with Crippen LogP contribution in [0.4, 0.5) is 0 Å².